The molecule has 0 aromatic heterocycles. The van der Waals surface area contributed by atoms with Crippen LogP contribution in [0.4, 0.5) is 0 Å². The van der Waals surface area contributed by atoms with Gasteiger partial charge < -0.3 is 0 Å². The zero-order chi connectivity index (χ0) is 10.9. The lowest BCUT2D eigenvalue weighted by molar-refractivity contribution is -0.131. The van der Waals surface area contributed by atoms with E-state index in [1.807, 2.05) is 0 Å². The van der Waals surface area contributed by atoms with Crippen molar-refractivity contribution < 1.29 is 4.79 Å². The Morgan fingerprint density at radius 3 is 2.93 bits per heavy atom. The molecule has 0 radical (unpaired) electrons. The van der Waals surface area contributed by atoms with E-state index in [2.05, 4.69) is 19.9 Å². The Morgan fingerprint density at radius 2 is 2.13 bits per heavy atom. The van der Waals surface area contributed by atoms with E-state index in [1.54, 1.807) is 0 Å². The molecule has 0 saturated heterocycles. The monoisotopic (exact) mass is 206 g/mol. The van der Waals surface area contributed by atoms with Crippen molar-refractivity contribution in [3.05, 3.63) is 11.6 Å². The van der Waals surface area contributed by atoms with Crippen molar-refractivity contribution in [2.45, 2.75) is 58.8 Å². The number of Topliss-reactive ketones (excluding diaryl/α,β-unsaturated/α-hetero) is 1. The maximum absolute atomic E-state index is 12.2. The van der Waals surface area contributed by atoms with E-state index < -0.39 is 0 Å². The van der Waals surface area contributed by atoms with Crippen molar-refractivity contribution in [3.63, 3.8) is 0 Å². The number of carbonyl (C=O) groups excluding carboxylic acids is 1. The summed E-state index contributed by atoms with van der Waals surface area (Å²) in [5, 5.41) is 0. The summed E-state index contributed by atoms with van der Waals surface area (Å²) in [4.78, 5) is 12.2. The van der Waals surface area contributed by atoms with Crippen LogP contribution in [0.25, 0.3) is 0 Å². The Hall–Kier alpha value is -0.590. The molecule has 2 atom stereocenters. The van der Waals surface area contributed by atoms with Gasteiger partial charge in [-0.1, -0.05) is 31.4 Å². The molecule has 2 aliphatic carbocycles. The quantitative estimate of drug-likeness (QED) is 0.550. The third-order valence-corrected chi connectivity index (χ3v) is 4.48. The molecule has 84 valence electrons. The van der Waals surface area contributed by atoms with Crippen molar-refractivity contribution in [1.29, 1.82) is 0 Å². The van der Waals surface area contributed by atoms with E-state index in [4.69, 9.17) is 0 Å². The van der Waals surface area contributed by atoms with E-state index in [-0.39, 0.29) is 5.41 Å². The minimum Gasteiger partial charge on any atom is -0.299 e. The van der Waals surface area contributed by atoms with Gasteiger partial charge in [0.1, 0.15) is 5.78 Å². The summed E-state index contributed by atoms with van der Waals surface area (Å²) < 4.78 is 0. The predicted octanol–water partition coefficient (Wildman–Crippen LogP) is 3.88. The maximum Gasteiger partial charge on any atom is 0.139 e. The van der Waals surface area contributed by atoms with E-state index in [1.165, 1.54) is 24.8 Å². The Kier molecular flexibility index (Phi) is 2.99. The Labute approximate surface area is 92.9 Å². The first-order valence-corrected chi connectivity index (χ1v) is 6.34. The second kappa shape index (κ2) is 4.11. The van der Waals surface area contributed by atoms with Gasteiger partial charge in [0.05, 0.1) is 0 Å². The van der Waals surface area contributed by atoms with Gasteiger partial charge in [-0.3, -0.25) is 4.79 Å². The SMILES string of the molecule is CC1=CCC[C@]2(C)C(=O)CCCCC[C@@H]12. The van der Waals surface area contributed by atoms with Crippen LogP contribution < -0.4 is 0 Å². The highest BCUT2D eigenvalue weighted by Gasteiger charge is 2.42. The van der Waals surface area contributed by atoms with E-state index >= 15 is 0 Å². The molecule has 1 heteroatoms. The van der Waals surface area contributed by atoms with Crippen LogP contribution in [0.1, 0.15) is 58.8 Å². The standard InChI is InChI=1S/C14H22O/c1-11-7-6-10-14(2)12(11)8-4-3-5-9-13(14)15/h7,12H,3-6,8-10H2,1-2H3/t12-,14-/m0/s1. The summed E-state index contributed by atoms with van der Waals surface area (Å²) in [6, 6.07) is 0. The van der Waals surface area contributed by atoms with Gasteiger partial charge in [0.25, 0.3) is 0 Å². The van der Waals surface area contributed by atoms with E-state index in [9.17, 15) is 4.79 Å². The fraction of sp³-hybridized carbons (Fsp3) is 0.786. The van der Waals surface area contributed by atoms with Crippen molar-refractivity contribution in [3.8, 4) is 0 Å². The molecule has 0 unspecified atom stereocenters. The highest BCUT2D eigenvalue weighted by atomic mass is 16.1. The van der Waals surface area contributed by atoms with Crippen LogP contribution in [0.3, 0.4) is 0 Å². The largest absolute Gasteiger partial charge is 0.299 e. The number of carbonyl (C=O) groups is 1. The van der Waals surface area contributed by atoms with Crippen molar-refractivity contribution in [2.24, 2.45) is 11.3 Å². The summed E-state index contributed by atoms with van der Waals surface area (Å²) in [6.07, 6.45) is 10.2. The van der Waals surface area contributed by atoms with Crippen LogP contribution in [-0.2, 0) is 4.79 Å². The maximum atomic E-state index is 12.2. The third-order valence-electron chi connectivity index (χ3n) is 4.48. The van der Waals surface area contributed by atoms with Gasteiger partial charge in [-0.25, -0.2) is 0 Å². The molecule has 1 fully saturated rings. The molecular weight excluding hydrogens is 184 g/mol. The Bertz CT molecular complexity index is 290. The van der Waals surface area contributed by atoms with Gasteiger partial charge >= 0.3 is 0 Å². The third kappa shape index (κ3) is 1.89. The highest BCUT2D eigenvalue weighted by Crippen LogP contribution is 2.46. The van der Waals surface area contributed by atoms with Crippen molar-refractivity contribution >= 4 is 5.78 Å². The molecule has 0 aromatic rings. The zero-order valence-corrected chi connectivity index (χ0v) is 10.0. The number of hydrogen-bond donors (Lipinski definition) is 0. The summed E-state index contributed by atoms with van der Waals surface area (Å²) in [6.45, 7) is 4.43. The van der Waals surface area contributed by atoms with Crippen LogP contribution in [0.5, 0.6) is 0 Å². The number of ketones is 1. The molecule has 2 aliphatic rings. The second-order valence-corrected chi connectivity index (χ2v) is 5.48. The topological polar surface area (TPSA) is 17.1 Å². The fourth-order valence-corrected chi connectivity index (χ4v) is 3.40. The van der Waals surface area contributed by atoms with Gasteiger partial charge in [0.2, 0.25) is 0 Å². The number of allylic oxidation sites excluding steroid dienone is 2. The first-order valence-electron chi connectivity index (χ1n) is 6.34. The number of fused-ring (bicyclic) bond motifs is 1. The van der Waals surface area contributed by atoms with Gasteiger partial charge in [0.15, 0.2) is 0 Å². The van der Waals surface area contributed by atoms with E-state index in [0.717, 1.165) is 25.7 Å². The average Bonchev–Trinajstić information content (AvgIpc) is 2.19. The van der Waals surface area contributed by atoms with Crippen LogP contribution >= 0.6 is 0 Å². The van der Waals surface area contributed by atoms with Crippen LogP contribution in [-0.4, -0.2) is 5.78 Å². The first kappa shape index (κ1) is 10.9. The van der Waals surface area contributed by atoms with Gasteiger partial charge in [-0.2, -0.15) is 0 Å². The molecule has 0 spiro atoms. The van der Waals surface area contributed by atoms with E-state index in [0.29, 0.717) is 11.7 Å². The Morgan fingerprint density at radius 1 is 1.33 bits per heavy atom. The molecule has 2 rings (SSSR count). The van der Waals surface area contributed by atoms with Crippen LogP contribution in [0, 0.1) is 11.3 Å². The molecule has 0 aromatic carbocycles. The van der Waals surface area contributed by atoms with Crippen LogP contribution in [0.2, 0.25) is 0 Å². The van der Waals surface area contributed by atoms with Gasteiger partial charge in [0, 0.05) is 11.8 Å². The highest BCUT2D eigenvalue weighted by molar-refractivity contribution is 5.85. The number of rotatable bonds is 0. The summed E-state index contributed by atoms with van der Waals surface area (Å²) in [5.74, 6) is 1.07. The zero-order valence-electron chi connectivity index (χ0n) is 10.0. The van der Waals surface area contributed by atoms with Crippen molar-refractivity contribution in [2.75, 3.05) is 0 Å². The predicted molar refractivity (Wildman–Crippen MR) is 62.7 cm³/mol. The molecule has 15 heavy (non-hydrogen) atoms. The smallest absolute Gasteiger partial charge is 0.139 e. The van der Waals surface area contributed by atoms with Gasteiger partial charge in [-0.05, 0) is 38.5 Å². The Balaban J connectivity index is 2.29. The average molecular weight is 206 g/mol. The second-order valence-electron chi connectivity index (χ2n) is 5.48. The molecule has 0 bridgehead atoms. The first-order chi connectivity index (χ1) is 7.14. The molecule has 0 amide bonds. The molecule has 1 nitrogen and oxygen atoms in total. The lowest BCUT2D eigenvalue weighted by Crippen LogP contribution is -2.39. The molecule has 0 aliphatic heterocycles. The molecule has 0 heterocycles. The molecule has 1 saturated carbocycles. The number of hydrogen-bond acceptors (Lipinski definition) is 1. The van der Waals surface area contributed by atoms with Gasteiger partial charge in [-0.15, -0.1) is 0 Å². The molecular formula is C14H22O. The summed E-state index contributed by atoms with van der Waals surface area (Å²) in [7, 11) is 0. The summed E-state index contributed by atoms with van der Waals surface area (Å²) in [5.41, 5.74) is 1.44. The van der Waals surface area contributed by atoms with Crippen LogP contribution in [0.15, 0.2) is 11.6 Å². The normalized spacial score (nSPS) is 37.6. The minimum absolute atomic E-state index is 0.0285. The molecule has 0 N–H and O–H groups in total. The minimum atomic E-state index is -0.0285. The lowest BCUT2D eigenvalue weighted by Gasteiger charge is -2.41. The van der Waals surface area contributed by atoms with Crippen molar-refractivity contribution in [1.82, 2.24) is 0 Å². The summed E-state index contributed by atoms with van der Waals surface area (Å²) >= 11 is 0. The lowest BCUT2D eigenvalue weighted by atomic mass is 9.62. The fourth-order valence-electron chi connectivity index (χ4n) is 3.40.